The third-order valence-corrected chi connectivity index (χ3v) is 4.10. The predicted molar refractivity (Wildman–Crippen MR) is 69.8 cm³/mol. The lowest BCUT2D eigenvalue weighted by Gasteiger charge is -2.25. The maximum atomic E-state index is 6.07. The SMILES string of the molecule is COCCOCCOCCC1(CCl)CCCC1. The van der Waals surface area contributed by atoms with E-state index in [1.165, 1.54) is 25.7 Å². The molecule has 1 saturated carbocycles. The number of hydrogen-bond acceptors (Lipinski definition) is 3. The van der Waals surface area contributed by atoms with Gasteiger partial charge in [-0.05, 0) is 24.7 Å². The van der Waals surface area contributed by atoms with Crippen LogP contribution in [0.4, 0.5) is 0 Å². The quantitative estimate of drug-likeness (QED) is 0.449. The molecular weight excluding hydrogens is 240 g/mol. The Balaban J connectivity index is 1.92. The monoisotopic (exact) mass is 264 g/mol. The Morgan fingerprint density at radius 2 is 1.53 bits per heavy atom. The molecule has 0 aromatic heterocycles. The first-order chi connectivity index (χ1) is 8.33. The molecule has 1 aliphatic rings. The Morgan fingerprint density at radius 1 is 0.941 bits per heavy atom. The summed E-state index contributed by atoms with van der Waals surface area (Å²) in [4.78, 5) is 0. The Hall–Kier alpha value is 0.170. The molecule has 0 N–H and O–H groups in total. The second-order valence-electron chi connectivity index (χ2n) is 4.81. The number of ether oxygens (including phenoxy) is 3. The van der Waals surface area contributed by atoms with Crippen LogP contribution in [0.5, 0.6) is 0 Å². The van der Waals surface area contributed by atoms with Gasteiger partial charge in [-0.2, -0.15) is 0 Å². The van der Waals surface area contributed by atoms with E-state index in [1.807, 2.05) is 0 Å². The van der Waals surface area contributed by atoms with Gasteiger partial charge in [0.25, 0.3) is 0 Å². The molecule has 17 heavy (non-hydrogen) atoms. The summed E-state index contributed by atoms with van der Waals surface area (Å²) >= 11 is 6.07. The van der Waals surface area contributed by atoms with Crippen molar-refractivity contribution in [3.05, 3.63) is 0 Å². The lowest BCUT2D eigenvalue weighted by molar-refractivity contribution is 0.0180. The molecule has 0 unspecified atom stereocenters. The summed E-state index contributed by atoms with van der Waals surface area (Å²) < 4.78 is 15.8. The molecule has 1 fully saturated rings. The highest BCUT2D eigenvalue weighted by Gasteiger charge is 2.32. The van der Waals surface area contributed by atoms with E-state index in [0.29, 0.717) is 31.8 Å². The van der Waals surface area contributed by atoms with E-state index < -0.39 is 0 Å². The maximum absolute atomic E-state index is 6.07. The molecule has 0 atom stereocenters. The van der Waals surface area contributed by atoms with Crippen molar-refractivity contribution in [2.45, 2.75) is 32.1 Å². The van der Waals surface area contributed by atoms with Crippen molar-refractivity contribution in [1.82, 2.24) is 0 Å². The zero-order chi connectivity index (χ0) is 12.4. The molecule has 102 valence electrons. The Labute approximate surface area is 110 Å². The Morgan fingerprint density at radius 3 is 2.12 bits per heavy atom. The van der Waals surface area contributed by atoms with Crippen molar-refractivity contribution in [2.24, 2.45) is 5.41 Å². The topological polar surface area (TPSA) is 27.7 Å². The summed E-state index contributed by atoms with van der Waals surface area (Å²) in [5.74, 6) is 0.778. The van der Waals surface area contributed by atoms with Crippen LogP contribution in [-0.2, 0) is 14.2 Å². The molecule has 0 radical (unpaired) electrons. The van der Waals surface area contributed by atoms with Gasteiger partial charge >= 0.3 is 0 Å². The molecular formula is C13H25ClO3. The van der Waals surface area contributed by atoms with Gasteiger partial charge in [0.1, 0.15) is 0 Å². The van der Waals surface area contributed by atoms with E-state index in [0.717, 1.165) is 18.9 Å². The van der Waals surface area contributed by atoms with Gasteiger partial charge in [0.2, 0.25) is 0 Å². The molecule has 0 amide bonds. The zero-order valence-corrected chi connectivity index (χ0v) is 11.6. The van der Waals surface area contributed by atoms with Crippen LogP contribution in [0.2, 0.25) is 0 Å². The van der Waals surface area contributed by atoms with Crippen molar-refractivity contribution in [3.63, 3.8) is 0 Å². The van der Waals surface area contributed by atoms with Crippen LogP contribution >= 0.6 is 11.6 Å². The molecule has 0 aromatic rings. The second-order valence-corrected chi connectivity index (χ2v) is 5.08. The van der Waals surface area contributed by atoms with Gasteiger partial charge in [-0.3, -0.25) is 0 Å². The summed E-state index contributed by atoms with van der Waals surface area (Å²) in [6.45, 7) is 3.42. The van der Waals surface area contributed by atoms with E-state index in [-0.39, 0.29) is 0 Å². The molecule has 3 nitrogen and oxygen atoms in total. The Bertz CT molecular complexity index is 182. The Kier molecular flexibility index (Phi) is 8.19. The number of methoxy groups -OCH3 is 1. The first-order valence-corrected chi connectivity index (χ1v) is 7.07. The molecule has 1 aliphatic carbocycles. The fourth-order valence-corrected chi connectivity index (χ4v) is 2.73. The summed E-state index contributed by atoms with van der Waals surface area (Å²) in [5.41, 5.74) is 0.360. The van der Waals surface area contributed by atoms with Gasteiger partial charge in [0.15, 0.2) is 0 Å². The molecule has 4 heteroatoms. The summed E-state index contributed by atoms with van der Waals surface area (Å²) in [6, 6.07) is 0. The predicted octanol–water partition coefficient (Wildman–Crippen LogP) is 2.86. The van der Waals surface area contributed by atoms with Crippen molar-refractivity contribution < 1.29 is 14.2 Å². The number of halogens is 1. The van der Waals surface area contributed by atoms with Crippen molar-refractivity contribution in [2.75, 3.05) is 46.0 Å². The highest BCUT2D eigenvalue weighted by Crippen LogP contribution is 2.41. The first kappa shape index (κ1) is 15.2. The highest BCUT2D eigenvalue weighted by atomic mass is 35.5. The minimum atomic E-state index is 0.360. The molecule has 1 rings (SSSR count). The first-order valence-electron chi connectivity index (χ1n) is 6.53. The van der Waals surface area contributed by atoms with E-state index >= 15 is 0 Å². The summed E-state index contributed by atoms with van der Waals surface area (Å²) in [7, 11) is 1.67. The standard InChI is InChI=1S/C13H25ClO3/c1-15-8-9-17-11-10-16-7-6-13(12-14)4-2-3-5-13/h2-12H2,1H3. The number of rotatable bonds is 10. The fraction of sp³-hybridized carbons (Fsp3) is 1.00. The molecule has 0 heterocycles. The van der Waals surface area contributed by atoms with E-state index in [2.05, 4.69) is 0 Å². The number of alkyl halides is 1. The average Bonchev–Trinajstić information content (AvgIpc) is 2.82. The molecule has 0 saturated heterocycles. The lowest BCUT2D eigenvalue weighted by Crippen LogP contribution is -2.21. The molecule has 0 spiro atoms. The third-order valence-electron chi connectivity index (χ3n) is 3.53. The summed E-state index contributed by atoms with van der Waals surface area (Å²) in [5, 5.41) is 0. The lowest BCUT2D eigenvalue weighted by atomic mass is 9.85. The molecule has 0 bridgehead atoms. The molecule has 0 aliphatic heterocycles. The van der Waals surface area contributed by atoms with Crippen LogP contribution in [-0.4, -0.2) is 46.0 Å². The van der Waals surface area contributed by atoms with Gasteiger partial charge in [0, 0.05) is 19.6 Å². The van der Waals surface area contributed by atoms with Crippen LogP contribution in [0.25, 0.3) is 0 Å². The largest absolute Gasteiger partial charge is 0.382 e. The highest BCUT2D eigenvalue weighted by molar-refractivity contribution is 6.18. The third kappa shape index (κ3) is 6.05. The average molecular weight is 265 g/mol. The van der Waals surface area contributed by atoms with Gasteiger partial charge in [-0.15, -0.1) is 11.6 Å². The van der Waals surface area contributed by atoms with E-state index in [4.69, 9.17) is 25.8 Å². The smallest absolute Gasteiger partial charge is 0.0701 e. The van der Waals surface area contributed by atoms with E-state index in [1.54, 1.807) is 7.11 Å². The number of hydrogen-bond donors (Lipinski definition) is 0. The van der Waals surface area contributed by atoms with Crippen LogP contribution < -0.4 is 0 Å². The van der Waals surface area contributed by atoms with Gasteiger partial charge < -0.3 is 14.2 Å². The fourth-order valence-electron chi connectivity index (χ4n) is 2.33. The van der Waals surface area contributed by atoms with Crippen molar-refractivity contribution >= 4 is 11.6 Å². The normalized spacial score (nSPS) is 18.7. The van der Waals surface area contributed by atoms with Crippen LogP contribution in [0.3, 0.4) is 0 Å². The molecule has 0 aromatic carbocycles. The summed E-state index contributed by atoms with van der Waals surface area (Å²) in [6.07, 6.45) is 6.28. The minimum Gasteiger partial charge on any atom is -0.382 e. The second kappa shape index (κ2) is 9.15. The van der Waals surface area contributed by atoms with Crippen LogP contribution in [0.1, 0.15) is 32.1 Å². The van der Waals surface area contributed by atoms with Gasteiger partial charge in [-0.25, -0.2) is 0 Å². The van der Waals surface area contributed by atoms with E-state index in [9.17, 15) is 0 Å². The van der Waals surface area contributed by atoms with Gasteiger partial charge in [0.05, 0.1) is 26.4 Å². The van der Waals surface area contributed by atoms with Gasteiger partial charge in [-0.1, -0.05) is 12.8 Å². The van der Waals surface area contributed by atoms with Crippen LogP contribution in [0.15, 0.2) is 0 Å². The van der Waals surface area contributed by atoms with Crippen molar-refractivity contribution in [3.8, 4) is 0 Å². The minimum absolute atomic E-state index is 0.360. The van der Waals surface area contributed by atoms with Crippen molar-refractivity contribution in [1.29, 1.82) is 0 Å². The van der Waals surface area contributed by atoms with Crippen LogP contribution in [0, 0.1) is 5.41 Å². The zero-order valence-electron chi connectivity index (χ0n) is 10.9. The maximum Gasteiger partial charge on any atom is 0.0701 e.